The average Bonchev–Trinajstić information content (AvgIpc) is 3.34. The van der Waals surface area contributed by atoms with E-state index in [1.54, 1.807) is 7.05 Å². The molecule has 0 saturated heterocycles. The van der Waals surface area contributed by atoms with Gasteiger partial charge in [-0.25, -0.2) is 0 Å². The third kappa shape index (κ3) is 6.96. The molecule has 2 N–H and O–H groups in total. The summed E-state index contributed by atoms with van der Waals surface area (Å²) >= 11 is 0. The average molecular weight is 417 g/mol. The Balaban J connectivity index is 0.00000242. The van der Waals surface area contributed by atoms with Gasteiger partial charge in [-0.05, 0) is 36.3 Å². The Morgan fingerprint density at radius 3 is 2.59 bits per heavy atom. The third-order valence-electron chi connectivity index (χ3n) is 3.76. The number of nitrogens with zero attached hydrogens (tertiary/aromatic N) is 1. The van der Waals surface area contributed by atoms with Crippen molar-refractivity contribution in [3.8, 4) is 0 Å². The number of aryl methyl sites for hydroxylation is 1. The van der Waals surface area contributed by atoms with Crippen molar-refractivity contribution < 1.29 is 4.74 Å². The van der Waals surface area contributed by atoms with Crippen molar-refractivity contribution in [2.75, 3.05) is 26.8 Å². The fraction of sp³-hybridized carbons (Fsp3) is 0.588. The van der Waals surface area contributed by atoms with Crippen LogP contribution in [0.2, 0.25) is 0 Å². The Labute approximate surface area is 151 Å². The van der Waals surface area contributed by atoms with Crippen molar-refractivity contribution in [2.24, 2.45) is 10.9 Å². The van der Waals surface area contributed by atoms with Crippen molar-refractivity contribution in [1.29, 1.82) is 0 Å². The standard InChI is InChI=1S/C17H27N3O.HI/c1-3-15-6-4-5-7-16(15)12-20-17(18-2)19-10-11-21-13-14-8-9-14;/h4-7,14H,3,8-13H2,1-2H3,(H2,18,19,20);1H. The summed E-state index contributed by atoms with van der Waals surface area (Å²) in [6.07, 6.45) is 3.74. The molecule has 0 heterocycles. The minimum Gasteiger partial charge on any atom is -0.379 e. The number of guanidine groups is 1. The van der Waals surface area contributed by atoms with E-state index in [9.17, 15) is 0 Å². The SMILES string of the molecule is CCc1ccccc1CNC(=NC)NCCOCC1CC1.I. The smallest absolute Gasteiger partial charge is 0.191 e. The lowest BCUT2D eigenvalue weighted by molar-refractivity contribution is 0.129. The molecule has 1 aliphatic rings. The fourth-order valence-electron chi connectivity index (χ4n) is 2.25. The molecule has 0 bridgehead atoms. The molecule has 4 nitrogen and oxygen atoms in total. The highest BCUT2D eigenvalue weighted by Gasteiger charge is 2.20. The summed E-state index contributed by atoms with van der Waals surface area (Å²) < 4.78 is 5.61. The Hall–Kier alpha value is -0.820. The molecule has 1 aromatic carbocycles. The van der Waals surface area contributed by atoms with Crippen LogP contribution in [-0.4, -0.2) is 32.8 Å². The minimum atomic E-state index is 0. The van der Waals surface area contributed by atoms with Crippen molar-refractivity contribution in [2.45, 2.75) is 32.7 Å². The maximum atomic E-state index is 5.61. The first-order valence-corrected chi connectivity index (χ1v) is 7.92. The highest BCUT2D eigenvalue weighted by molar-refractivity contribution is 14.0. The monoisotopic (exact) mass is 417 g/mol. The molecule has 0 amide bonds. The van der Waals surface area contributed by atoms with Crippen LogP contribution >= 0.6 is 24.0 Å². The zero-order valence-electron chi connectivity index (χ0n) is 13.6. The highest BCUT2D eigenvalue weighted by Crippen LogP contribution is 2.28. The molecule has 0 aliphatic heterocycles. The van der Waals surface area contributed by atoms with Gasteiger partial charge in [0.2, 0.25) is 0 Å². The van der Waals surface area contributed by atoms with Crippen LogP contribution in [-0.2, 0) is 17.7 Å². The van der Waals surface area contributed by atoms with Gasteiger partial charge < -0.3 is 15.4 Å². The van der Waals surface area contributed by atoms with Crippen LogP contribution in [0.3, 0.4) is 0 Å². The summed E-state index contributed by atoms with van der Waals surface area (Å²) in [6, 6.07) is 8.52. The first-order chi connectivity index (χ1) is 10.3. The molecule has 0 spiro atoms. The molecule has 2 rings (SSSR count). The van der Waals surface area contributed by atoms with E-state index in [2.05, 4.69) is 46.8 Å². The van der Waals surface area contributed by atoms with Crippen LogP contribution in [0.4, 0.5) is 0 Å². The van der Waals surface area contributed by atoms with Gasteiger partial charge in [0.25, 0.3) is 0 Å². The van der Waals surface area contributed by atoms with Gasteiger partial charge in [-0.1, -0.05) is 31.2 Å². The molecule has 124 valence electrons. The van der Waals surface area contributed by atoms with Gasteiger partial charge in [0.05, 0.1) is 6.61 Å². The van der Waals surface area contributed by atoms with Gasteiger partial charge in [-0.15, -0.1) is 24.0 Å². The van der Waals surface area contributed by atoms with E-state index in [4.69, 9.17) is 4.74 Å². The largest absolute Gasteiger partial charge is 0.379 e. The van der Waals surface area contributed by atoms with E-state index in [0.29, 0.717) is 0 Å². The number of rotatable bonds is 8. The molecule has 0 unspecified atom stereocenters. The number of nitrogens with one attached hydrogen (secondary N) is 2. The molecule has 0 aromatic heterocycles. The molecule has 0 radical (unpaired) electrons. The number of aliphatic imine (C=N–C) groups is 1. The first-order valence-electron chi connectivity index (χ1n) is 7.92. The van der Waals surface area contributed by atoms with E-state index in [0.717, 1.165) is 44.6 Å². The van der Waals surface area contributed by atoms with Crippen molar-refractivity contribution in [1.82, 2.24) is 10.6 Å². The van der Waals surface area contributed by atoms with Crippen LogP contribution in [0.25, 0.3) is 0 Å². The van der Waals surface area contributed by atoms with Crippen LogP contribution < -0.4 is 10.6 Å². The van der Waals surface area contributed by atoms with Gasteiger partial charge in [0.1, 0.15) is 0 Å². The van der Waals surface area contributed by atoms with E-state index in [1.807, 2.05) is 0 Å². The maximum absolute atomic E-state index is 5.61. The van der Waals surface area contributed by atoms with Gasteiger partial charge in [0, 0.05) is 26.7 Å². The maximum Gasteiger partial charge on any atom is 0.191 e. The lowest BCUT2D eigenvalue weighted by Gasteiger charge is -2.13. The van der Waals surface area contributed by atoms with Crippen molar-refractivity contribution in [3.63, 3.8) is 0 Å². The van der Waals surface area contributed by atoms with Gasteiger partial charge >= 0.3 is 0 Å². The molecular weight excluding hydrogens is 389 g/mol. The summed E-state index contributed by atoms with van der Waals surface area (Å²) in [4.78, 5) is 4.24. The summed E-state index contributed by atoms with van der Waals surface area (Å²) in [5.74, 6) is 1.66. The molecule has 1 aliphatic carbocycles. The second kappa shape index (κ2) is 10.8. The normalized spacial score (nSPS) is 14.4. The number of ether oxygens (including phenoxy) is 1. The zero-order chi connectivity index (χ0) is 14.9. The Morgan fingerprint density at radius 2 is 1.95 bits per heavy atom. The Kier molecular flexibility index (Phi) is 9.47. The summed E-state index contributed by atoms with van der Waals surface area (Å²) in [5, 5.41) is 6.64. The zero-order valence-corrected chi connectivity index (χ0v) is 15.9. The second-order valence-electron chi connectivity index (χ2n) is 5.49. The predicted molar refractivity (Wildman–Crippen MR) is 103 cm³/mol. The lowest BCUT2D eigenvalue weighted by Crippen LogP contribution is -2.38. The fourth-order valence-corrected chi connectivity index (χ4v) is 2.25. The van der Waals surface area contributed by atoms with Crippen LogP contribution in [0, 0.1) is 5.92 Å². The van der Waals surface area contributed by atoms with Gasteiger partial charge in [-0.2, -0.15) is 0 Å². The number of benzene rings is 1. The van der Waals surface area contributed by atoms with Crippen molar-refractivity contribution in [3.05, 3.63) is 35.4 Å². The summed E-state index contributed by atoms with van der Waals surface area (Å²) in [7, 11) is 1.80. The Bertz CT molecular complexity index is 461. The number of hydrogen-bond acceptors (Lipinski definition) is 2. The van der Waals surface area contributed by atoms with E-state index in [-0.39, 0.29) is 24.0 Å². The van der Waals surface area contributed by atoms with Crippen molar-refractivity contribution >= 4 is 29.9 Å². The van der Waals surface area contributed by atoms with Crippen LogP contribution in [0.1, 0.15) is 30.9 Å². The molecule has 1 saturated carbocycles. The van der Waals surface area contributed by atoms with Crippen LogP contribution in [0.15, 0.2) is 29.3 Å². The highest BCUT2D eigenvalue weighted by atomic mass is 127. The van der Waals surface area contributed by atoms with E-state index >= 15 is 0 Å². The van der Waals surface area contributed by atoms with Gasteiger partial charge in [0.15, 0.2) is 5.96 Å². The molecular formula is C17H28IN3O. The molecule has 1 aromatic rings. The molecule has 0 atom stereocenters. The lowest BCUT2D eigenvalue weighted by atomic mass is 10.1. The molecule has 5 heteroatoms. The van der Waals surface area contributed by atoms with Crippen LogP contribution in [0.5, 0.6) is 0 Å². The summed E-state index contributed by atoms with van der Waals surface area (Å²) in [6.45, 7) is 5.43. The Morgan fingerprint density at radius 1 is 1.23 bits per heavy atom. The quantitative estimate of drug-likeness (QED) is 0.296. The minimum absolute atomic E-state index is 0. The first kappa shape index (κ1) is 19.2. The third-order valence-corrected chi connectivity index (χ3v) is 3.76. The van der Waals surface area contributed by atoms with E-state index < -0.39 is 0 Å². The molecule has 1 fully saturated rings. The van der Waals surface area contributed by atoms with Gasteiger partial charge in [-0.3, -0.25) is 4.99 Å². The molecule has 22 heavy (non-hydrogen) atoms. The predicted octanol–water partition coefficient (Wildman–Crippen LogP) is 2.96. The summed E-state index contributed by atoms with van der Waals surface area (Å²) in [5.41, 5.74) is 2.71. The van der Waals surface area contributed by atoms with E-state index in [1.165, 1.54) is 24.0 Å². The second-order valence-corrected chi connectivity index (χ2v) is 5.49. The number of hydrogen-bond donors (Lipinski definition) is 2. The topological polar surface area (TPSA) is 45.7 Å². The number of halogens is 1.